The summed E-state index contributed by atoms with van der Waals surface area (Å²) in [4.78, 5) is 4.28. The molecule has 0 spiro atoms. The number of nitrogens with zero attached hydrogens (tertiary/aromatic N) is 1. The van der Waals surface area contributed by atoms with E-state index in [1.54, 1.807) is 0 Å². The monoisotopic (exact) mass is 257 g/mol. The van der Waals surface area contributed by atoms with Gasteiger partial charge < -0.3 is 0 Å². The molecule has 0 aliphatic carbocycles. The molecular weight excluding hydrogens is 248 g/mol. The van der Waals surface area contributed by atoms with Crippen LogP contribution in [0, 0.1) is 0 Å². The van der Waals surface area contributed by atoms with Gasteiger partial charge in [-0.1, -0.05) is 22.6 Å². The van der Waals surface area contributed by atoms with Gasteiger partial charge in [0.1, 0.15) is 0 Å². The molecule has 0 saturated heterocycles. The van der Waals surface area contributed by atoms with Crippen LogP contribution < -0.4 is 0 Å². The Labute approximate surface area is 74.0 Å². The second-order valence-electron chi connectivity index (χ2n) is 2.21. The summed E-state index contributed by atoms with van der Waals surface area (Å²) < 4.78 is 1.09. The highest BCUT2D eigenvalue weighted by atomic mass is 127. The third-order valence-corrected chi connectivity index (χ3v) is 2.76. The topological polar surface area (TPSA) is 12.4 Å². The van der Waals surface area contributed by atoms with Crippen molar-refractivity contribution in [2.45, 2.75) is 24.3 Å². The quantitative estimate of drug-likeness (QED) is 0.505. The lowest BCUT2D eigenvalue weighted by molar-refractivity contribution is 0.636. The summed E-state index contributed by atoms with van der Waals surface area (Å²) >= 11 is 8.24. The van der Waals surface area contributed by atoms with Crippen molar-refractivity contribution in [3.05, 3.63) is 0 Å². The molecule has 2 unspecified atom stereocenters. The van der Waals surface area contributed by atoms with Crippen LogP contribution in [0.3, 0.4) is 0 Å². The van der Waals surface area contributed by atoms with Crippen molar-refractivity contribution >= 4 is 40.4 Å². The first kappa shape index (κ1) is 7.79. The molecule has 0 aromatic carbocycles. The predicted octanol–water partition coefficient (Wildman–Crippen LogP) is 2.26. The first-order valence-electron chi connectivity index (χ1n) is 3.04. The smallest absolute Gasteiger partial charge is 0.0599 e. The van der Waals surface area contributed by atoms with E-state index in [2.05, 4.69) is 27.6 Å². The number of halogens is 2. The molecule has 1 aliphatic heterocycles. The molecule has 0 radical (unpaired) electrons. The fourth-order valence-corrected chi connectivity index (χ4v) is 1.75. The van der Waals surface area contributed by atoms with Crippen LogP contribution in [0.25, 0.3) is 0 Å². The van der Waals surface area contributed by atoms with Crippen LogP contribution in [0.5, 0.6) is 0 Å². The Bertz CT molecular complexity index is 116. The first-order valence-corrected chi connectivity index (χ1v) is 5.01. The van der Waals surface area contributed by atoms with Crippen LogP contribution in [-0.4, -0.2) is 22.1 Å². The van der Waals surface area contributed by atoms with E-state index in [1.807, 2.05) is 6.21 Å². The van der Waals surface area contributed by atoms with Gasteiger partial charge in [0.05, 0.1) is 6.04 Å². The van der Waals surface area contributed by atoms with E-state index < -0.39 is 0 Å². The molecule has 3 heteroatoms. The zero-order valence-corrected chi connectivity index (χ0v) is 7.97. The van der Waals surface area contributed by atoms with E-state index in [4.69, 9.17) is 11.6 Å². The molecule has 2 atom stereocenters. The highest BCUT2D eigenvalue weighted by molar-refractivity contribution is 14.1. The molecule has 1 rings (SSSR count). The normalized spacial score (nSPS) is 34.9. The number of aliphatic imine (C=N–C) groups is 1. The van der Waals surface area contributed by atoms with Gasteiger partial charge in [-0.15, -0.1) is 11.6 Å². The SMILES string of the molecule is ClC1CC=NC(CI)C1. The molecule has 0 aromatic rings. The van der Waals surface area contributed by atoms with Crippen LogP contribution in [0.4, 0.5) is 0 Å². The lowest BCUT2D eigenvalue weighted by atomic mass is 10.1. The van der Waals surface area contributed by atoms with Gasteiger partial charge in [-0.25, -0.2) is 0 Å². The molecular formula is C6H9ClIN. The predicted molar refractivity (Wildman–Crippen MR) is 50.0 cm³/mol. The Kier molecular flexibility index (Phi) is 3.26. The first-order chi connectivity index (χ1) is 4.33. The van der Waals surface area contributed by atoms with Crippen molar-refractivity contribution in [1.29, 1.82) is 0 Å². The molecule has 0 bridgehead atoms. The fraction of sp³-hybridized carbons (Fsp3) is 0.833. The highest BCUT2D eigenvalue weighted by Gasteiger charge is 2.14. The van der Waals surface area contributed by atoms with Crippen molar-refractivity contribution < 1.29 is 0 Å². The third-order valence-electron chi connectivity index (χ3n) is 1.38. The van der Waals surface area contributed by atoms with Crippen molar-refractivity contribution in [2.24, 2.45) is 4.99 Å². The summed E-state index contributed by atoms with van der Waals surface area (Å²) in [6.45, 7) is 0. The Morgan fingerprint density at radius 1 is 1.78 bits per heavy atom. The van der Waals surface area contributed by atoms with E-state index >= 15 is 0 Å². The second-order valence-corrected chi connectivity index (χ2v) is 3.71. The van der Waals surface area contributed by atoms with E-state index in [9.17, 15) is 0 Å². The van der Waals surface area contributed by atoms with E-state index in [0.717, 1.165) is 17.3 Å². The van der Waals surface area contributed by atoms with Crippen LogP contribution in [0.15, 0.2) is 4.99 Å². The van der Waals surface area contributed by atoms with Crippen LogP contribution in [-0.2, 0) is 0 Å². The minimum Gasteiger partial charge on any atom is -0.293 e. The van der Waals surface area contributed by atoms with Crippen LogP contribution in [0.1, 0.15) is 12.8 Å². The maximum atomic E-state index is 5.90. The van der Waals surface area contributed by atoms with Crippen molar-refractivity contribution in [2.75, 3.05) is 4.43 Å². The number of rotatable bonds is 1. The molecule has 1 aliphatic rings. The fourth-order valence-electron chi connectivity index (χ4n) is 0.879. The average molecular weight is 258 g/mol. The Morgan fingerprint density at radius 3 is 3.00 bits per heavy atom. The molecule has 0 aromatic heterocycles. The Morgan fingerprint density at radius 2 is 2.56 bits per heavy atom. The summed E-state index contributed by atoms with van der Waals surface area (Å²) in [6, 6.07) is 0.488. The second kappa shape index (κ2) is 3.76. The maximum absolute atomic E-state index is 5.90. The largest absolute Gasteiger partial charge is 0.293 e. The summed E-state index contributed by atoms with van der Waals surface area (Å²) in [6.07, 6.45) is 3.96. The molecule has 0 fully saturated rings. The Hall–Kier alpha value is 0.690. The van der Waals surface area contributed by atoms with Gasteiger partial charge in [0, 0.05) is 16.0 Å². The third kappa shape index (κ3) is 2.42. The summed E-state index contributed by atoms with van der Waals surface area (Å²) in [5.74, 6) is 0. The Balaban J connectivity index is 2.39. The van der Waals surface area contributed by atoms with E-state index in [0.29, 0.717) is 11.4 Å². The van der Waals surface area contributed by atoms with Gasteiger partial charge in [-0.2, -0.15) is 0 Å². The van der Waals surface area contributed by atoms with Gasteiger partial charge in [0.25, 0.3) is 0 Å². The van der Waals surface area contributed by atoms with E-state index in [-0.39, 0.29) is 0 Å². The van der Waals surface area contributed by atoms with Gasteiger partial charge >= 0.3 is 0 Å². The number of hydrogen-bond acceptors (Lipinski definition) is 1. The summed E-state index contributed by atoms with van der Waals surface area (Å²) in [5.41, 5.74) is 0. The van der Waals surface area contributed by atoms with Crippen molar-refractivity contribution in [3.63, 3.8) is 0 Å². The minimum absolute atomic E-state index is 0.335. The molecule has 1 nitrogen and oxygen atoms in total. The lowest BCUT2D eigenvalue weighted by Gasteiger charge is -2.16. The molecule has 9 heavy (non-hydrogen) atoms. The zero-order chi connectivity index (χ0) is 6.69. The van der Waals surface area contributed by atoms with Gasteiger partial charge in [-0.3, -0.25) is 4.99 Å². The van der Waals surface area contributed by atoms with Crippen LogP contribution in [0.2, 0.25) is 0 Å². The standard InChI is InChI=1S/C6H9ClIN/c7-5-1-2-9-6(3-5)4-8/h2,5-6H,1,3-4H2. The minimum atomic E-state index is 0.335. The van der Waals surface area contributed by atoms with E-state index in [1.165, 1.54) is 0 Å². The average Bonchev–Trinajstić information content (AvgIpc) is 1.88. The van der Waals surface area contributed by atoms with Gasteiger partial charge in [0.2, 0.25) is 0 Å². The number of hydrogen-bond donors (Lipinski definition) is 0. The highest BCUT2D eigenvalue weighted by Crippen LogP contribution is 2.17. The molecule has 52 valence electrons. The molecule has 0 N–H and O–H groups in total. The lowest BCUT2D eigenvalue weighted by Crippen LogP contribution is -2.18. The molecule has 0 amide bonds. The van der Waals surface area contributed by atoms with Crippen molar-refractivity contribution in [1.82, 2.24) is 0 Å². The molecule has 1 heterocycles. The zero-order valence-electron chi connectivity index (χ0n) is 5.06. The maximum Gasteiger partial charge on any atom is 0.0599 e. The van der Waals surface area contributed by atoms with Crippen LogP contribution >= 0.6 is 34.2 Å². The van der Waals surface area contributed by atoms with Gasteiger partial charge in [0.15, 0.2) is 0 Å². The summed E-state index contributed by atoms with van der Waals surface area (Å²) in [5, 5.41) is 0.335. The number of alkyl halides is 2. The van der Waals surface area contributed by atoms with Gasteiger partial charge in [-0.05, 0) is 12.8 Å². The molecule has 0 saturated carbocycles. The van der Waals surface area contributed by atoms with Crippen molar-refractivity contribution in [3.8, 4) is 0 Å². The summed E-state index contributed by atoms with van der Waals surface area (Å²) in [7, 11) is 0.